The number of amides is 4. The minimum absolute atomic E-state index is 0.126. The number of nitrogens with one attached hydrogen (secondary N) is 3. The summed E-state index contributed by atoms with van der Waals surface area (Å²) >= 11 is 0. The molecule has 5 atom stereocenters. The third kappa shape index (κ3) is 11.0. The minimum Gasteiger partial charge on any atom is -0.480 e. The molecule has 12 heteroatoms. The molecular weight excluding hydrogens is 420 g/mol. The van der Waals surface area contributed by atoms with Crippen molar-refractivity contribution in [2.24, 2.45) is 23.1 Å². The van der Waals surface area contributed by atoms with Gasteiger partial charge in [-0.2, -0.15) is 0 Å². The van der Waals surface area contributed by atoms with E-state index in [0.29, 0.717) is 25.8 Å². The van der Waals surface area contributed by atoms with Crippen molar-refractivity contribution in [2.45, 2.75) is 83.5 Å². The predicted octanol–water partition coefficient (Wildman–Crippen LogP) is -1.69. The number of hydrogen-bond donors (Lipinski definition) is 7. The fourth-order valence-electron chi connectivity index (χ4n) is 2.79. The summed E-state index contributed by atoms with van der Waals surface area (Å²) in [6, 6.07) is -4.20. The van der Waals surface area contributed by atoms with Gasteiger partial charge in [0.15, 0.2) is 0 Å². The topological polar surface area (TPSA) is 220 Å². The Morgan fingerprint density at radius 1 is 0.906 bits per heavy atom. The Bertz CT molecular complexity index is 658. The van der Waals surface area contributed by atoms with E-state index in [4.69, 9.17) is 22.3 Å². The van der Waals surface area contributed by atoms with Gasteiger partial charge in [-0.15, -0.1) is 0 Å². The van der Waals surface area contributed by atoms with Gasteiger partial charge in [0.1, 0.15) is 18.1 Å². The molecular formula is C20H38N6O6. The molecule has 0 aromatic rings. The van der Waals surface area contributed by atoms with Crippen LogP contribution in [-0.4, -0.2) is 65.4 Å². The molecule has 0 rings (SSSR count). The van der Waals surface area contributed by atoms with Crippen molar-refractivity contribution >= 4 is 29.6 Å². The smallest absolute Gasteiger partial charge is 0.325 e. The van der Waals surface area contributed by atoms with E-state index in [9.17, 15) is 24.0 Å². The molecule has 0 spiro atoms. The van der Waals surface area contributed by atoms with Crippen LogP contribution in [0, 0.1) is 5.92 Å². The Morgan fingerprint density at radius 3 is 2.03 bits per heavy atom. The Kier molecular flexibility index (Phi) is 13.8. The number of carbonyl (C=O) groups excluding carboxylic acids is 4. The summed E-state index contributed by atoms with van der Waals surface area (Å²) < 4.78 is 0. The van der Waals surface area contributed by atoms with E-state index in [1.54, 1.807) is 6.92 Å². The van der Waals surface area contributed by atoms with Gasteiger partial charge in [-0.3, -0.25) is 24.0 Å². The van der Waals surface area contributed by atoms with E-state index in [2.05, 4.69) is 16.0 Å². The van der Waals surface area contributed by atoms with Gasteiger partial charge in [-0.25, -0.2) is 0 Å². The third-order valence-corrected chi connectivity index (χ3v) is 5.14. The summed E-state index contributed by atoms with van der Waals surface area (Å²) in [6.07, 6.45) is 2.03. The average molecular weight is 459 g/mol. The molecule has 0 saturated carbocycles. The fourth-order valence-corrected chi connectivity index (χ4v) is 2.79. The van der Waals surface area contributed by atoms with Crippen LogP contribution in [0.2, 0.25) is 0 Å². The van der Waals surface area contributed by atoms with Crippen molar-refractivity contribution in [3.8, 4) is 0 Å². The lowest BCUT2D eigenvalue weighted by Gasteiger charge is -2.27. The molecule has 0 heterocycles. The van der Waals surface area contributed by atoms with E-state index in [0.717, 1.165) is 6.42 Å². The van der Waals surface area contributed by atoms with E-state index in [1.165, 1.54) is 6.92 Å². The van der Waals surface area contributed by atoms with Crippen LogP contribution < -0.4 is 33.2 Å². The maximum Gasteiger partial charge on any atom is 0.325 e. The molecule has 32 heavy (non-hydrogen) atoms. The van der Waals surface area contributed by atoms with Crippen LogP contribution in [0.3, 0.4) is 0 Å². The molecule has 4 amide bonds. The molecule has 184 valence electrons. The Balaban J connectivity index is 5.37. The van der Waals surface area contributed by atoms with Gasteiger partial charge in [0, 0.05) is 6.42 Å². The Morgan fingerprint density at radius 2 is 1.53 bits per heavy atom. The van der Waals surface area contributed by atoms with E-state index < -0.39 is 53.8 Å². The van der Waals surface area contributed by atoms with Gasteiger partial charge < -0.3 is 38.3 Å². The molecule has 12 nitrogen and oxygen atoms in total. The van der Waals surface area contributed by atoms with Crippen LogP contribution in [0.4, 0.5) is 0 Å². The molecule has 0 aliphatic rings. The number of nitrogens with two attached hydrogens (primary N) is 3. The Labute approximate surface area is 188 Å². The highest BCUT2D eigenvalue weighted by atomic mass is 16.4. The normalized spacial score (nSPS) is 15.5. The van der Waals surface area contributed by atoms with E-state index in [-0.39, 0.29) is 18.8 Å². The Hall–Kier alpha value is -2.73. The van der Waals surface area contributed by atoms with E-state index in [1.807, 2.05) is 6.92 Å². The van der Waals surface area contributed by atoms with Crippen LogP contribution in [-0.2, 0) is 24.0 Å². The maximum atomic E-state index is 12.9. The molecule has 0 radical (unpaired) electrons. The lowest BCUT2D eigenvalue weighted by Crippen LogP contribution is -2.58. The summed E-state index contributed by atoms with van der Waals surface area (Å²) in [5, 5.41) is 16.4. The second-order valence-electron chi connectivity index (χ2n) is 7.90. The molecule has 0 aliphatic carbocycles. The molecule has 0 aromatic heterocycles. The van der Waals surface area contributed by atoms with Crippen molar-refractivity contribution in [3.63, 3.8) is 0 Å². The van der Waals surface area contributed by atoms with Crippen molar-refractivity contribution in [1.82, 2.24) is 16.0 Å². The number of carbonyl (C=O) groups is 5. The molecule has 0 aromatic carbocycles. The van der Waals surface area contributed by atoms with Crippen molar-refractivity contribution < 1.29 is 29.1 Å². The van der Waals surface area contributed by atoms with Gasteiger partial charge in [0.25, 0.3) is 0 Å². The second-order valence-corrected chi connectivity index (χ2v) is 7.90. The predicted molar refractivity (Wildman–Crippen MR) is 118 cm³/mol. The van der Waals surface area contributed by atoms with Gasteiger partial charge in [-0.05, 0) is 38.6 Å². The fraction of sp³-hybridized carbons (Fsp3) is 0.750. The lowest BCUT2D eigenvalue weighted by molar-refractivity contribution is -0.142. The van der Waals surface area contributed by atoms with Gasteiger partial charge in [0.05, 0.1) is 6.04 Å². The highest BCUT2D eigenvalue weighted by molar-refractivity contribution is 5.94. The quantitative estimate of drug-likeness (QED) is 0.132. The van der Waals surface area contributed by atoms with Crippen molar-refractivity contribution in [3.05, 3.63) is 0 Å². The van der Waals surface area contributed by atoms with Crippen LogP contribution in [0.1, 0.15) is 59.3 Å². The molecule has 0 bridgehead atoms. The number of carboxylic acids is 1. The number of carboxylic acid groups (broad SMARTS) is 1. The van der Waals surface area contributed by atoms with Crippen molar-refractivity contribution in [2.75, 3.05) is 6.54 Å². The second kappa shape index (κ2) is 15.1. The molecule has 0 fully saturated rings. The number of hydrogen-bond acceptors (Lipinski definition) is 7. The zero-order valence-corrected chi connectivity index (χ0v) is 19.1. The first-order chi connectivity index (χ1) is 14.9. The summed E-state index contributed by atoms with van der Waals surface area (Å²) in [6.45, 7) is 5.35. The number of primary amides is 1. The molecule has 5 unspecified atom stereocenters. The number of unbranched alkanes of at least 4 members (excludes halogenated alkanes) is 1. The summed E-state index contributed by atoms with van der Waals surface area (Å²) in [5.41, 5.74) is 16.5. The zero-order valence-electron chi connectivity index (χ0n) is 19.1. The van der Waals surface area contributed by atoms with Crippen LogP contribution in [0.5, 0.6) is 0 Å². The standard InChI is InChI=1S/C20H38N6O6/c1-4-11(2)16(26-17(28)13(22)7-5-6-10-21)19(30)25-14(8-9-15(23)27)18(29)24-12(3)20(31)32/h11-14,16H,4-10,21-22H2,1-3H3,(H2,23,27)(H,24,29)(H,25,30)(H,26,28)(H,31,32). The third-order valence-electron chi connectivity index (χ3n) is 5.14. The largest absolute Gasteiger partial charge is 0.480 e. The summed E-state index contributed by atoms with van der Waals surface area (Å²) in [7, 11) is 0. The average Bonchev–Trinajstić information content (AvgIpc) is 2.73. The molecule has 0 aliphatic heterocycles. The summed E-state index contributed by atoms with van der Waals surface area (Å²) in [4.78, 5) is 60.1. The first-order valence-electron chi connectivity index (χ1n) is 10.8. The first kappa shape index (κ1) is 29.3. The minimum atomic E-state index is -1.26. The maximum absolute atomic E-state index is 12.9. The SMILES string of the molecule is CCC(C)C(NC(=O)C(N)CCCCN)C(=O)NC(CCC(N)=O)C(=O)NC(C)C(=O)O. The van der Waals surface area contributed by atoms with Gasteiger partial charge >= 0.3 is 5.97 Å². The summed E-state index contributed by atoms with van der Waals surface area (Å²) in [5.74, 6) is -4.14. The highest BCUT2D eigenvalue weighted by Crippen LogP contribution is 2.10. The highest BCUT2D eigenvalue weighted by Gasteiger charge is 2.31. The van der Waals surface area contributed by atoms with Gasteiger partial charge in [0.2, 0.25) is 23.6 Å². The van der Waals surface area contributed by atoms with Crippen LogP contribution in [0.15, 0.2) is 0 Å². The van der Waals surface area contributed by atoms with E-state index >= 15 is 0 Å². The van der Waals surface area contributed by atoms with Crippen LogP contribution >= 0.6 is 0 Å². The first-order valence-corrected chi connectivity index (χ1v) is 10.8. The zero-order chi connectivity index (χ0) is 24.8. The van der Waals surface area contributed by atoms with Crippen molar-refractivity contribution in [1.29, 1.82) is 0 Å². The lowest BCUT2D eigenvalue weighted by atomic mass is 9.96. The van der Waals surface area contributed by atoms with Gasteiger partial charge in [-0.1, -0.05) is 26.7 Å². The van der Waals surface area contributed by atoms with Crippen LogP contribution in [0.25, 0.3) is 0 Å². The number of aliphatic carboxylic acids is 1. The molecule has 0 saturated heterocycles. The molecule has 10 N–H and O–H groups in total. The number of rotatable bonds is 16. The monoisotopic (exact) mass is 458 g/mol.